The Kier molecular flexibility index (Phi) is 5.86. The van der Waals surface area contributed by atoms with Crippen molar-refractivity contribution in [1.82, 2.24) is 29.9 Å². The van der Waals surface area contributed by atoms with Crippen LogP contribution in [0.25, 0.3) is 22.3 Å². The van der Waals surface area contributed by atoms with Crippen molar-refractivity contribution in [3.63, 3.8) is 0 Å². The first-order valence-corrected chi connectivity index (χ1v) is 10.1. The minimum atomic E-state index is -2.74. The van der Waals surface area contributed by atoms with Gasteiger partial charge in [-0.1, -0.05) is 30.3 Å². The Morgan fingerprint density at radius 3 is 2.55 bits per heavy atom. The molecule has 0 unspecified atom stereocenters. The first-order chi connectivity index (χ1) is 15.8. The van der Waals surface area contributed by atoms with Crippen molar-refractivity contribution in [2.45, 2.75) is 19.9 Å². The van der Waals surface area contributed by atoms with Gasteiger partial charge in [-0.15, -0.1) is 0 Å². The number of pyridine rings is 1. The van der Waals surface area contributed by atoms with Crippen LogP contribution >= 0.6 is 0 Å². The highest BCUT2D eigenvalue weighted by Gasteiger charge is 2.23. The van der Waals surface area contributed by atoms with Crippen LogP contribution in [0.4, 0.5) is 14.5 Å². The van der Waals surface area contributed by atoms with Gasteiger partial charge in [0.15, 0.2) is 11.3 Å². The number of benzene rings is 1. The van der Waals surface area contributed by atoms with Crippen LogP contribution in [0.3, 0.4) is 0 Å². The number of rotatable bonds is 6. The van der Waals surface area contributed by atoms with E-state index in [1.807, 2.05) is 6.07 Å². The van der Waals surface area contributed by atoms with Crippen molar-refractivity contribution in [3.05, 3.63) is 59.5 Å². The van der Waals surface area contributed by atoms with E-state index in [1.165, 1.54) is 28.7 Å². The second kappa shape index (κ2) is 8.77. The molecule has 1 aromatic carbocycles. The zero-order chi connectivity index (χ0) is 23.7. The van der Waals surface area contributed by atoms with Crippen molar-refractivity contribution in [1.29, 1.82) is 0 Å². The lowest BCUT2D eigenvalue weighted by atomic mass is 10.1. The van der Waals surface area contributed by atoms with E-state index in [4.69, 9.17) is 0 Å². The average molecular weight is 453 g/mol. The zero-order valence-electron chi connectivity index (χ0n) is 18.1. The van der Waals surface area contributed by atoms with Crippen molar-refractivity contribution in [3.8, 4) is 11.3 Å². The lowest BCUT2D eigenvalue weighted by molar-refractivity contribution is -0.116. The molecule has 0 aliphatic carbocycles. The van der Waals surface area contributed by atoms with Crippen LogP contribution in [-0.4, -0.2) is 43.4 Å². The topological polar surface area (TPSA) is 107 Å². The predicted molar refractivity (Wildman–Crippen MR) is 118 cm³/mol. The molecule has 0 spiro atoms. The highest BCUT2D eigenvalue weighted by molar-refractivity contribution is 6.02. The number of nitrogens with zero attached hydrogens (tertiary/aromatic N) is 5. The van der Waals surface area contributed by atoms with E-state index in [2.05, 4.69) is 25.8 Å². The molecule has 0 atom stereocenters. The molecule has 0 saturated heterocycles. The van der Waals surface area contributed by atoms with Gasteiger partial charge in [-0.3, -0.25) is 14.3 Å². The molecule has 0 aliphatic heterocycles. The van der Waals surface area contributed by atoms with Crippen LogP contribution in [0.2, 0.25) is 0 Å². The van der Waals surface area contributed by atoms with E-state index in [1.54, 1.807) is 38.2 Å². The fourth-order valence-electron chi connectivity index (χ4n) is 3.62. The van der Waals surface area contributed by atoms with E-state index in [-0.39, 0.29) is 34.5 Å². The second-order valence-corrected chi connectivity index (χ2v) is 7.40. The van der Waals surface area contributed by atoms with Gasteiger partial charge in [-0.25, -0.2) is 18.4 Å². The molecule has 0 saturated carbocycles. The maximum Gasteiger partial charge on any atom is 0.273 e. The predicted octanol–water partition coefficient (Wildman–Crippen LogP) is 3.08. The Labute approximate surface area is 187 Å². The second-order valence-electron chi connectivity index (χ2n) is 7.40. The summed E-state index contributed by atoms with van der Waals surface area (Å²) in [7, 11) is 3.07. The van der Waals surface area contributed by atoms with Gasteiger partial charge in [0.2, 0.25) is 5.91 Å². The molecule has 33 heavy (non-hydrogen) atoms. The van der Waals surface area contributed by atoms with Crippen molar-refractivity contribution in [2.75, 3.05) is 12.4 Å². The number of hydrogen-bond acceptors (Lipinski definition) is 5. The van der Waals surface area contributed by atoms with E-state index in [0.717, 1.165) is 0 Å². The Hall–Kier alpha value is -4.15. The molecular formula is C22H21F2N7O2. The number of alkyl halides is 2. The molecule has 4 aromatic rings. The molecule has 2 N–H and O–H groups in total. The third-order valence-corrected chi connectivity index (χ3v) is 5.05. The highest BCUT2D eigenvalue weighted by atomic mass is 19.3. The number of nitrogens with one attached hydrogen (secondary N) is 2. The third kappa shape index (κ3) is 4.29. The first-order valence-electron chi connectivity index (χ1n) is 10.1. The van der Waals surface area contributed by atoms with Gasteiger partial charge in [0.1, 0.15) is 6.54 Å². The molecule has 11 heteroatoms. The summed E-state index contributed by atoms with van der Waals surface area (Å²) in [5.41, 5.74) is 1.62. The lowest BCUT2D eigenvalue weighted by Gasteiger charge is -2.09. The molecule has 3 heterocycles. The molecule has 0 bridgehead atoms. The normalized spacial score (nSPS) is 11.2. The molecule has 170 valence electrons. The molecule has 0 aliphatic rings. The maximum atomic E-state index is 13.9. The maximum absolute atomic E-state index is 13.9. The Balaban J connectivity index is 1.72. The monoisotopic (exact) mass is 453 g/mol. The molecule has 2 amide bonds. The largest absolute Gasteiger partial charge is 0.354 e. The van der Waals surface area contributed by atoms with Crippen LogP contribution < -0.4 is 10.6 Å². The van der Waals surface area contributed by atoms with Gasteiger partial charge < -0.3 is 10.6 Å². The molecule has 3 aromatic heterocycles. The summed E-state index contributed by atoms with van der Waals surface area (Å²) in [6.07, 6.45) is -1.25. The molecule has 4 rings (SSSR count). The van der Waals surface area contributed by atoms with Crippen LogP contribution in [0.1, 0.15) is 28.2 Å². The van der Waals surface area contributed by atoms with Gasteiger partial charge >= 0.3 is 0 Å². The highest BCUT2D eigenvalue weighted by Crippen LogP contribution is 2.33. The van der Waals surface area contributed by atoms with Crippen molar-refractivity contribution in [2.24, 2.45) is 7.05 Å². The van der Waals surface area contributed by atoms with Gasteiger partial charge in [0.05, 0.1) is 22.5 Å². The number of carbonyl (C=O) groups excluding carboxylic acids is 2. The van der Waals surface area contributed by atoms with Gasteiger partial charge in [-0.05, 0) is 13.0 Å². The minimum absolute atomic E-state index is 0.0549. The summed E-state index contributed by atoms with van der Waals surface area (Å²) in [6, 6.07) is 10.3. The Morgan fingerprint density at radius 2 is 1.88 bits per heavy atom. The van der Waals surface area contributed by atoms with E-state index in [0.29, 0.717) is 17.0 Å². The summed E-state index contributed by atoms with van der Waals surface area (Å²) < 4.78 is 30.5. The molecule has 9 nitrogen and oxygen atoms in total. The van der Waals surface area contributed by atoms with Gasteiger partial charge in [-0.2, -0.15) is 10.2 Å². The summed E-state index contributed by atoms with van der Waals surface area (Å²) in [4.78, 5) is 29.3. The number of anilines is 1. The average Bonchev–Trinajstić information content (AvgIpc) is 3.32. The third-order valence-electron chi connectivity index (χ3n) is 5.05. The van der Waals surface area contributed by atoms with Gasteiger partial charge in [0, 0.05) is 31.4 Å². The van der Waals surface area contributed by atoms with Gasteiger partial charge in [0.25, 0.3) is 12.3 Å². The summed E-state index contributed by atoms with van der Waals surface area (Å²) in [5, 5.41) is 13.6. The van der Waals surface area contributed by atoms with E-state index in [9.17, 15) is 18.4 Å². The number of aromatic nitrogens is 5. The number of hydrogen-bond donors (Lipinski definition) is 2. The zero-order valence-corrected chi connectivity index (χ0v) is 18.1. The Bertz CT molecular complexity index is 1350. The summed E-state index contributed by atoms with van der Waals surface area (Å²) in [5.74, 6) is -0.968. The number of amides is 2. The van der Waals surface area contributed by atoms with E-state index < -0.39 is 18.2 Å². The fourth-order valence-corrected chi connectivity index (χ4v) is 3.62. The number of halogens is 2. The standard InChI is InChI=1S/C22H21F2N7O2/c1-12-18-14(20(23)24)9-15(13-7-5-4-6-8-13)27-21(18)31(28-12)11-17(32)26-16-10-30(3)29-19(16)22(33)25-2/h4-10,20H,11H2,1-3H3,(H,25,33)(H,26,32). The van der Waals surface area contributed by atoms with Crippen molar-refractivity contribution >= 4 is 28.5 Å². The quantitative estimate of drug-likeness (QED) is 0.467. The number of fused-ring (bicyclic) bond motifs is 1. The SMILES string of the molecule is CNC(=O)c1nn(C)cc1NC(=O)Cn1nc(C)c2c(C(F)F)cc(-c3ccccc3)nc21. The summed E-state index contributed by atoms with van der Waals surface area (Å²) >= 11 is 0. The molecular weight excluding hydrogens is 432 g/mol. The number of carbonyl (C=O) groups is 2. The van der Waals surface area contributed by atoms with Crippen LogP contribution in [0, 0.1) is 6.92 Å². The minimum Gasteiger partial charge on any atom is -0.354 e. The molecule has 0 fully saturated rings. The molecule has 0 radical (unpaired) electrons. The van der Waals surface area contributed by atoms with Crippen LogP contribution in [0.5, 0.6) is 0 Å². The number of aryl methyl sites for hydroxylation is 2. The fraction of sp³-hybridized carbons (Fsp3) is 0.227. The van der Waals surface area contributed by atoms with Crippen LogP contribution in [0.15, 0.2) is 42.6 Å². The summed E-state index contributed by atoms with van der Waals surface area (Å²) in [6.45, 7) is 1.30. The Morgan fingerprint density at radius 1 is 1.15 bits per heavy atom. The first kappa shape index (κ1) is 22.1. The van der Waals surface area contributed by atoms with E-state index >= 15 is 0 Å². The van der Waals surface area contributed by atoms with Crippen LogP contribution in [-0.2, 0) is 18.4 Å². The lowest BCUT2D eigenvalue weighted by Crippen LogP contribution is -2.23. The van der Waals surface area contributed by atoms with Crippen molar-refractivity contribution < 1.29 is 18.4 Å². The smallest absolute Gasteiger partial charge is 0.273 e.